The van der Waals surface area contributed by atoms with E-state index >= 15 is 0 Å². The van der Waals surface area contributed by atoms with Crippen molar-refractivity contribution in [1.29, 1.82) is 0 Å². The molecule has 0 aromatic carbocycles. The van der Waals surface area contributed by atoms with Gasteiger partial charge in [-0.1, -0.05) is 0 Å². The van der Waals surface area contributed by atoms with Crippen LogP contribution in [-0.4, -0.2) is 28.3 Å². The summed E-state index contributed by atoms with van der Waals surface area (Å²) in [5.41, 5.74) is 1.03. The number of nitrogens with one attached hydrogen (secondary N) is 1. The maximum atomic E-state index is 9.01. The zero-order valence-electron chi connectivity index (χ0n) is 7.49. The predicted molar refractivity (Wildman–Crippen MR) is 46.8 cm³/mol. The van der Waals surface area contributed by atoms with Gasteiger partial charge in [0.15, 0.2) is 0 Å². The summed E-state index contributed by atoms with van der Waals surface area (Å²) < 4.78 is 2.01. The van der Waals surface area contributed by atoms with Crippen LogP contribution in [0.25, 0.3) is 0 Å². The van der Waals surface area contributed by atoms with E-state index in [0.717, 1.165) is 12.2 Å². The number of aliphatic hydroxyl groups excluding tert-OH is 1. The fourth-order valence-corrected chi connectivity index (χ4v) is 1.22. The van der Waals surface area contributed by atoms with Gasteiger partial charge >= 0.3 is 0 Å². The SMILES string of the molecule is CCn1cncc1C(CO)NC. The first-order chi connectivity index (χ1) is 5.83. The normalized spacial score (nSPS) is 13.2. The molecule has 0 aliphatic rings. The van der Waals surface area contributed by atoms with Gasteiger partial charge in [0, 0.05) is 12.7 Å². The van der Waals surface area contributed by atoms with E-state index in [9.17, 15) is 0 Å². The molecule has 0 aliphatic heterocycles. The van der Waals surface area contributed by atoms with E-state index in [-0.39, 0.29) is 12.6 Å². The van der Waals surface area contributed by atoms with Gasteiger partial charge in [0.05, 0.1) is 24.7 Å². The molecule has 0 aliphatic carbocycles. The molecule has 0 fully saturated rings. The standard InChI is InChI=1S/C8H15N3O/c1-3-11-6-10-4-8(11)7(5-12)9-2/h4,6-7,9,12H,3,5H2,1-2H3. The number of hydrogen-bond donors (Lipinski definition) is 2. The average Bonchev–Trinajstić information content (AvgIpc) is 2.55. The highest BCUT2D eigenvalue weighted by atomic mass is 16.3. The van der Waals surface area contributed by atoms with Crippen molar-refractivity contribution in [3.63, 3.8) is 0 Å². The Labute approximate surface area is 72.2 Å². The third-order valence-corrected chi connectivity index (χ3v) is 1.97. The van der Waals surface area contributed by atoms with Gasteiger partial charge in [-0.3, -0.25) is 0 Å². The molecule has 1 unspecified atom stereocenters. The first-order valence-electron chi connectivity index (χ1n) is 4.11. The highest BCUT2D eigenvalue weighted by Gasteiger charge is 2.11. The van der Waals surface area contributed by atoms with E-state index in [2.05, 4.69) is 17.2 Å². The van der Waals surface area contributed by atoms with Crippen molar-refractivity contribution in [1.82, 2.24) is 14.9 Å². The number of aliphatic hydroxyl groups is 1. The molecule has 12 heavy (non-hydrogen) atoms. The van der Waals surface area contributed by atoms with Crippen LogP contribution in [0, 0.1) is 0 Å². The Kier molecular flexibility index (Phi) is 3.25. The summed E-state index contributed by atoms with van der Waals surface area (Å²) in [4.78, 5) is 4.02. The first-order valence-corrected chi connectivity index (χ1v) is 4.11. The van der Waals surface area contributed by atoms with Gasteiger partial charge in [0.1, 0.15) is 0 Å². The fraction of sp³-hybridized carbons (Fsp3) is 0.625. The van der Waals surface area contributed by atoms with Crippen LogP contribution in [-0.2, 0) is 6.54 Å². The van der Waals surface area contributed by atoms with Crippen LogP contribution in [0.15, 0.2) is 12.5 Å². The summed E-state index contributed by atoms with van der Waals surface area (Å²) in [5, 5.41) is 12.0. The van der Waals surface area contributed by atoms with E-state index in [0.29, 0.717) is 0 Å². The molecule has 4 nitrogen and oxygen atoms in total. The number of hydrogen-bond acceptors (Lipinski definition) is 3. The van der Waals surface area contributed by atoms with Gasteiger partial charge in [-0.25, -0.2) is 4.98 Å². The van der Waals surface area contributed by atoms with E-state index in [4.69, 9.17) is 5.11 Å². The lowest BCUT2D eigenvalue weighted by molar-refractivity contribution is 0.245. The summed E-state index contributed by atoms with van der Waals surface area (Å²) in [6.07, 6.45) is 3.55. The molecule has 0 bridgehead atoms. The molecule has 0 saturated heterocycles. The van der Waals surface area contributed by atoms with E-state index < -0.39 is 0 Å². The zero-order chi connectivity index (χ0) is 8.97. The van der Waals surface area contributed by atoms with Crippen molar-refractivity contribution in [2.75, 3.05) is 13.7 Å². The Balaban J connectivity index is 2.83. The summed E-state index contributed by atoms with van der Waals surface area (Å²) in [6, 6.07) is -0.00699. The second-order valence-corrected chi connectivity index (χ2v) is 2.63. The Morgan fingerprint density at radius 3 is 3.00 bits per heavy atom. The largest absolute Gasteiger partial charge is 0.394 e. The topological polar surface area (TPSA) is 50.1 Å². The van der Waals surface area contributed by atoms with Crippen molar-refractivity contribution in [3.8, 4) is 0 Å². The van der Waals surface area contributed by atoms with Crippen molar-refractivity contribution >= 4 is 0 Å². The number of aromatic nitrogens is 2. The maximum Gasteiger partial charge on any atom is 0.0948 e. The Morgan fingerprint density at radius 2 is 2.50 bits per heavy atom. The van der Waals surface area contributed by atoms with E-state index in [1.54, 1.807) is 12.5 Å². The third kappa shape index (κ3) is 1.65. The number of nitrogens with zero attached hydrogens (tertiary/aromatic N) is 2. The van der Waals surface area contributed by atoms with Crippen LogP contribution in [0.1, 0.15) is 18.7 Å². The van der Waals surface area contributed by atoms with Crippen molar-refractivity contribution < 1.29 is 5.11 Å². The Hall–Kier alpha value is -0.870. The molecule has 0 saturated carbocycles. The van der Waals surface area contributed by atoms with Crippen LogP contribution >= 0.6 is 0 Å². The Morgan fingerprint density at radius 1 is 1.75 bits per heavy atom. The number of imidazole rings is 1. The highest BCUT2D eigenvalue weighted by Crippen LogP contribution is 2.10. The van der Waals surface area contributed by atoms with Gasteiger partial charge in [0.25, 0.3) is 0 Å². The second-order valence-electron chi connectivity index (χ2n) is 2.63. The van der Waals surface area contributed by atoms with Crippen LogP contribution < -0.4 is 5.32 Å². The first kappa shape index (κ1) is 9.22. The molecule has 0 radical (unpaired) electrons. The molecule has 0 amide bonds. The van der Waals surface area contributed by atoms with Crippen LogP contribution in [0.2, 0.25) is 0 Å². The molecule has 68 valence electrons. The van der Waals surface area contributed by atoms with E-state index in [1.807, 2.05) is 11.6 Å². The summed E-state index contributed by atoms with van der Waals surface area (Å²) in [5.74, 6) is 0. The monoisotopic (exact) mass is 169 g/mol. The van der Waals surface area contributed by atoms with Gasteiger partial charge < -0.3 is 15.0 Å². The van der Waals surface area contributed by atoms with E-state index in [1.165, 1.54) is 0 Å². The van der Waals surface area contributed by atoms with Crippen molar-refractivity contribution in [2.45, 2.75) is 19.5 Å². The summed E-state index contributed by atoms with van der Waals surface area (Å²) in [6.45, 7) is 3.03. The molecular formula is C8H15N3O. The lowest BCUT2D eigenvalue weighted by Crippen LogP contribution is -2.22. The molecule has 1 atom stereocenters. The fourth-order valence-electron chi connectivity index (χ4n) is 1.22. The second kappa shape index (κ2) is 4.23. The minimum absolute atomic E-state index is 0.00699. The minimum Gasteiger partial charge on any atom is -0.394 e. The molecule has 1 heterocycles. The maximum absolute atomic E-state index is 9.01. The molecule has 4 heteroatoms. The van der Waals surface area contributed by atoms with Gasteiger partial charge in [-0.05, 0) is 14.0 Å². The average molecular weight is 169 g/mol. The van der Waals surface area contributed by atoms with Crippen LogP contribution in [0.5, 0.6) is 0 Å². The smallest absolute Gasteiger partial charge is 0.0948 e. The number of aryl methyl sites for hydroxylation is 1. The molecule has 1 aromatic rings. The number of rotatable bonds is 4. The lowest BCUT2D eigenvalue weighted by Gasteiger charge is -2.14. The van der Waals surface area contributed by atoms with Crippen LogP contribution in [0.4, 0.5) is 0 Å². The van der Waals surface area contributed by atoms with Crippen molar-refractivity contribution in [2.24, 2.45) is 0 Å². The summed E-state index contributed by atoms with van der Waals surface area (Å²) >= 11 is 0. The molecular weight excluding hydrogens is 154 g/mol. The molecule has 1 rings (SSSR count). The zero-order valence-corrected chi connectivity index (χ0v) is 7.49. The highest BCUT2D eigenvalue weighted by molar-refractivity contribution is 5.04. The lowest BCUT2D eigenvalue weighted by atomic mass is 10.2. The molecule has 1 aromatic heterocycles. The van der Waals surface area contributed by atoms with Crippen LogP contribution in [0.3, 0.4) is 0 Å². The van der Waals surface area contributed by atoms with Crippen molar-refractivity contribution in [3.05, 3.63) is 18.2 Å². The Bertz CT molecular complexity index is 230. The summed E-state index contributed by atoms with van der Waals surface area (Å²) in [7, 11) is 1.83. The van der Waals surface area contributed by atoms with Gasteiger partial charge in [0.2, 0.25) is 0 Å². The third-order valence-electron chi connectivity index (χ3n) is 1.97. The van der Waals surface area contributed by atoms with Gasteiger partial charge in [-0.2, -0.15) is 0 Å². The quantitative estimate of drug-likeness (QED) is 0.675. The van der Waals surface area contributed by atoms with Gasteiger partial charge in [-0.15, -0.1) is 0 Å². The molecule has 2 N–H and O–H groups in total. The minimum atomic E-state index is -0.00699. The molecule has 0 spiro atoms. The predicted octanol–water partition coefficient (Wildman–Crippen LogP) is 0.156. The number of likely N-dealkylation sites (N-methyl/N-ethyl adjacent to an activating group) is 1.